The second-order valence-electron chi connectivity index (χ2n) is 5.23. The Balaban J connectivity index is 2.01. The smallest absolute Gasteiger partial charge is 0.246 e. The summed E-state index contributed by atoms with van der Waals surface area (Å²) in [5.41, 5.74) is 4.23. The predicted octanol–water partition coefficient (Wildman–Crippen LogP) is 4.00. The third kappa shape index (κ3) is 4.09. The van der Waals surface area contributed by atoms with Gasteiger partial charge in [0, 0.05) is 11.4 Å². The summed E-state index contributed by atoms with van der Waals surface area (Å²) >= 11 is 0. The van der Waals surface area contributed by atoms with Crippen molar-refractivity contribution in [2.45, 2.75) is 33.2 Å². The van der Waals surface area contributed by atoms with Crippen LogP contribution in [0.2, 0.25) is 0 Å². The molecule has 0 spiro atoms. The van der Waals surface area contributed by atoms with E-state index < -0.39 is 0 Å². The molecule has 0 aliphatic carbocycles. The highest BCUT2D eigenvalue weighted by atomic mass is 16.2. The van der Waals surface area contributed by atoms with Gasteiger partial charge in [-0.05, 0) is 44.0 Å². The Kier molecular flexibility index (Phi) is 4.99. The van der Waals surface area contributed by atoms with Gasteiger partial charge in [-0.1, -0.05) is 42.8 Å². The number of anilines is 2. The molecule has 0 fully saturated rings. The first-order valence-corrected chi connectivity index (χ1v) is 7.32. The van der Waals surface area contributed by atoms with Gasteiger partial charge in [-0.3, -0.25) is 4.79 Å². The summed E-state index contributed by atoms with van der Waals surface area (Å²) in [6.07, 6.45) is 0.940. The number of hydrogen-bond donors (Lipinski definition) is 2. The maximum atomic E-state index is 12.2. The zero-order valence-corrected chi connectivity index (χ0v) is 12.8. The predicted molar refractivity (Wildman–Crippen MR) is 88.7 cm³/mol. The highest BCUT2D eigenvalue weighted by Gasteiger charge is 2.13. The minimum Gasteiger partial charge on any atom is -0.374 e. The lowest BCUT2D eigenvalue weighted by Crippen LogP contribution is -2.32. The lowest BCUT2D eigenvalue weighted by atomic mass is 10.1. The largest absolute Gasteiger partial charge is 0.374 e. The Bertz CT molecular complexity index is 605. The molecule has 0 radical (unpaired) electrons. The van der Waals surface area contributed by atoms with Crippen LogP contribution in [-0.2, 0) is 11.2 Å². The van der Waals surface area contributed by atoms with Crippen LogP contribution in [0.4, 0.5) is 11.4 Å². The van der Waals surface area contributed by atoms with Crippen molar-refractivity contribution in [3.8, 4) is 0 Å². The molecule has 2 aromatic rings. The van der Waals surface area contributed by atoms with Gasteiger partial charge in [-0.25, -0.2) is 0 Å². The van der Waals surface area contributed by atoms with Crippen LogP contribution in [0.1, 0.15) is 25.0 Å². The van der Waals surface area contributed by atoms with Crippen LogP contribution in [0, 0.1) is 6.92 Å². The Morgan fingerprint density at radius 3 is 2.43 bits per heavy atom. The third-order valence-electron chi connectivity index (χ3n) is 3.48. The van der Waals surface area contributed by atoms with Crippen LogP contribution >= 0.6 is 0 Å². The topological polar surface area (TPSA) is 41.1 Å². The average Bonchev–Trinajstić information content (AvgIpc) is 2.50. The zero-order valence-electron chi connectivity index (χ0n) is 12.8. The van der Waals surface area contributed by atoms with Crippen molar-refractivity contribution in [3.63, 3.8) is 0 Å². The molecule has 2 rings (SSSR count). The Morgan fingerprint density at radius 1 is 1.10 bits per heavy atom. The second-order valence-corrected chi connectivity index (χ2v) is 5.23. The summed E-state index contributed by atoms with van der Waals surface area (Å²) in [5, 5.41) is 6.21. The first-order valence-electron chi connectivity index (χ1n) is 7.32. The molecule has 0 aliphatic rings. The van der Waals surface area contributed by atoms with Gasteiger partial charge in [-0.15, -0.1) is 0 Å². The van der Waals surface area contributed by atoms with E-state index in [-0.39, 0.29) is 11.9 Å². The average molecular weight is 282 g/mol. The lowest BCUT2D eigenvalue weighted by molar-refractivity contribution is -0.116. The molecule has 0 saturated heterocycles. The highest BCUT2D eigenvalue weighted by molar-refractivity contribution is 5.96. The monoisotopic (exact) mass is 282 g/mol. The fraction of sp³-hybridized carbons (Fsp3) is 0.278. The number of para-hydroxylation sites is 1. The van der Waals surface area contributed by atoms with Gasteiger partial charge in [-0.2, -0.15) is 0 Å². The van der Waals surface area contributed by atoms with Crippen LogP contribution in [0.5, 0.6) is 0 Å². The summed E-state index contributed by atoms with van der Waals surface area (Å²) < 4.78 is 0. The minimum atomic E-state index is -0.293. The zero-order chi connectivity index (χ0) is 15.2. The molecule has 0 heterocycles. The SMILES string of the molecule is CCc1ccccc1N[C@H](C)C(=O)Nc1ccc(C)cc1. The number of carbonyl (C=O) groups excluding carboxylic acids is 1. The van der Waals surface area contributed by atoms with Gasteiger partial charge in [0.1, 0.15) is 6.04 Å². The first kappa shape index (κ1) is 15.1. The number of nitrogens with one attached hydrogen (secondary N) is 2. The molecule has 0 aliphatic heterocycles. The fourth-order valence-corrected chi connectivity index (χ4v) is 2.16. The minimum absolute atomic E-state index is 0.0373. The quantitative estimate of drug-likeness (QED) is 0.870. The van der Waals surface area contributed by atoms with Gasteiger partial charge < -0.3 is 10.6 Å². The van der Waals surface area contributed by atoms with Crippen LogP contribution in [-0.4, -0.2) is 11.9 Å². The maximum absolute atomic E-state index is 12.2. The fourth-order valence-electron chi connectivity index (χ4n) is 2.16. The Hall–Kier alpha value is -2.29. The van der Waals surface area contributed by atoms with Crippen molar-refractivity contribution in [1.82, 2.24) is 0 Å². The van der Waals surface area contributed by atoms with Crippen molar-refractivity contribution < 1.29 is 4.79 Å². The molecule has 3 nitrogen and oxygen atoms in total. The molecule has 1 atom stereocenters. The van der Waals surface area contributed by atoms with Gasteiger partial charge in [0.25, 0.3) is 0 Å². The molecule has 0 unspecified atom stereocenters. The van der Waals surface area contributed by atoms with Crippen molar-refractivity contribution >= 4 is 17.3 Å². The van der Waals surface area contributed by atoms with E-state index in [4.69, 9.17) is 0 Å². The number of rotatable bonds is 5. The van der Waals surface area contributed by atoms with Crippen molar-refractivity contribution in [2.75, 3.05) is 10.6 Å². The molecule has 2 aromatic carbocycles. The summed E-state index contributed by atoms with van der Waals surface area (Å²) in [4.78, 5) is 12.2. The molecule has 0 saturated carbocycles. The maximum Gasteiger partial charge on any atom is 0.246 e. The van der Waals surface area contributed by atoms with Crippen LogP contribution in [0.3, 0.4) is 0 Å². The molecule has 2 N–H and O–H groups in total. The van der Waals surface area contributed by atoms with Gasteiger partial charge in [0.2, 0.25) is 5.91 Å². The standard InChI is InChI=1S/C18H22N2O/c1-4-15-7-5-6-8-17(15)19-14(3)18(21)20-16-11-9-13(2)10-12-16/h5-12,14,19H,4H2,1-3H3,(H,20,21)/t14-/m1/s1. The van der Waals surface area contributed by atoms with E-state index in [0.29, 0.717) is 0 Å². The Morgan fingerprint density at radius 2 is 1.76 bits per heavy atom. The molecule has 0 bridgehead atoms. The highest BCUT2D eigenvalue weighted by Crippen LogP contribution is 2.17. The lowest BCUT2D eigenvalue weighted by Gasteiger charge is -2.17. The summed E-state index contributed by atoms with van der Waals surface area (Å²) in [6.45, 7) is 6.00. The molecule has 21 heavy (non-hydrogen) atoms. The van der Waals surface area contributed by atoms with E-state index in [1.807, 2.05) is 56.3 Å². The second kappa shape index (κ2) is 6.93. The molecular weight excluding hydrogens is 260 g/mol. The number of aryl methyl sites for hydroxylation is 2. The van der Waals surface area contributed by atoms with E-state index in [1.54, 1.807) is 0 Å². The van der Waals surface area contributed by atoms with E-state index >= 15 is 0 Å². The third-order valence-corrected chi connectivity index (χ3v) is 3.48. The summed E-state index contributed by atoms with van der Waals surface area (Å²) in [5.74, 6) is -0.0373. The summed E-state index contributed by atoms with van der Waals surface area (Å²) in [6, 6.07) is 15.6. The van der Waals surface area contributed by atoms with Crippen molar-refractivity contribution in [3.05, 3.63) is 59.7 Å². The van der Waals surface area contributed by atoms with E-state index in [1.165, 1.54) is 11.1 Å². The number of carbonyl (C=O) groups is 1. The van der Waals surface area contributed by atoms with Crippen LogP contribution in [0.15, 0.2) is 48.5 Å². The van der Waals surface area contributed by atoms with Crippen molar-refractivity contribution in [2.24, 2.45) is 0 Å². The van der Waals surface area contributed by atoms with Crippen LogP contribution < -0.4 is 10.6 Å². The molecule has 0 aromatic heterocycles. The number of benzene rings is 2. The molecular formula is C18H22N2O. The normalized spacial score (nSPS) is 11.8. The molecule has 3 heteroatoms. The summed E-state index contributed by atoms with van der Waals surface area (Å²) in [7, 11) is 0. The first-order chi connectivity index (χ1) is 10.1. The van der Waals surface area contributed by atoms with Gasteiger partial charge >= 0.3 is 0 Å². The van der Waals surface area contributed by atoms with Crippen LogP contribution in [0.25, 0.3) is 0 Å². The number of hydrogen-bond acceptors (Lipinski definition) is 2. The molecule has 1 amide bonds. The van der Waals surface area contributed by atoms with E-state index in [9.17, 15) is 4.79 Å². The van der Waals surface area contributed by atoms with E-state index in [0.717, 1.165) is 17.8 Å². The Labute approximate surface area is 126 Å². The van der Waals surface area contributed by atoms with Gasteiger partial charge in [0.05, 0.1) is 0 Å². The number of amides is 1. The van der Waals surface area contributed by atoms with Gasteiger partial charge in [0.15, 0.2) is 0 Å². The molecule has 110 valence electrons. The van der Waals surface area contributed by atoms with Crippen molar-refractivity contribution in [1.29, 1.82) is 0 Å². The van der Waals surface area contributed by atoms with E-state index in [2.05, 4.69) is 23.6 Å².